The number of nitrogens with zero attached hydrogens (tertiary/aromatic N) is 1. The van der Waals surface area contributed by atoms with E-state index in [2.05, 4.69) is 11.9 Å². The monoisotopic (exact) mass is 197 g/mol. The third-order valence-electron chi connectivity index (χ3n) is 3.93. The molecule has 2 aliphatic rings. The second-order valence-electron chi connectivity index (χ2n) is 5.06. The molecule has 80 valence electrons. The molecule has 2 rings (SSSR count). The summed E-state index contributed by atoms with van der Waals surface area (Å²) in [6.07, 6.45) is 5.01. The summed E-state index contributed by atoms with van der Waals surface area (Å²) in [5.74, 6) is 0.0645. The Morgan fingerprint density at radius 3 is 2.64 bits per heavy atom. The minimum absolute atomic E-state index is 0.337. The molecule has 1 saturated heterocycles. The number of hydrogen-bond acceptors (Lipinski definition) is 2. The number of aliphatic carboxylic acids is 1. The first-order valence-corrected chi connectivity index (χ1v) is 5.54. The Hall–Kier alpha value is -0.570. The summed E-state index contributed by atoms with van der Waals surface area (Å²) in [6, 6.07) is 0. The van der Waals surface area contributed by atoms with E-state index in [1.54, 1.807) is 0 Å². The van der Waals surface area contributed by atoms with Gasteiger partial charge in [-0.1, -0.05) is 6.42 Å². The van der Waals surface area contributed by atoms with E-state index in [1.165, 1.54) is 6.42 Å². The van der Waals surface area contributed by atoms with Gasteiger partial charge in [0.2, 0.25) is 0 Å². The highest BCUT2D eigenvalue weighted by atomic mass is 16.4. The van der Waals surface area contributed by atoms with E-state index >= 15 is 0 Å². The molecule has 1 unspecified atom stereocenters. The van der Waals surface area contributed by atoms with E-state index < -0.39 is 5.97 Å². The molecule has 0 aromatic rings. The normalized spacial score (nSPS) is 31.4. The molecule has 1 aliphatic heterocycles. The lowest BCUT2D eigenvalue weighted by Gasteiger charge is -2.39. The van der Waals surface area contributed by atoms with E-state index in [9.17, 15) is 9.90 Å². The molecule has 14 heavy (non-hydrogen) atoms. The van der Waals surface area contributed by atoms with Crippen LogP contribution in [0.25, 0.3) is 0 Å². The molecular weight excluding hydrogens is 178 g/mol. The zero-order valence-electron chi connectivity index (χ0n) is 8.83. The number of hydrogen-bond donors (Lipinski definition) is 1. The van der Waals surface area contributed by atoms with Gasteiger partial charge in [0.25, 0.3) is 0 Å². The van der Waals surface area contributed by atoms with Crippen molar-refractivity contribution in [1.29, 1.82) is 0 Å². The molecule has 0 aromatic heterocycles. The van der Waals surface area contributed by atoms with Crippen molar-refractivity contribution in [2.24, 2.45) is 11.3 Å². The molecule has 1 N–H and O–H groups in total. The molecule has 3 nitrogen and oxygen atoms in total. The summed E-state index contributed by atoms with van der Waals surface area (Å²) in [4.78, 5) is 13.5. The maximum atomic E-state index is 11.2. The molecule has 0 spiro atoms. The Morgan fingerprint density at radius 2 is 2.29 bits per heavy atom. The van der Waals surface area contributed by atoms with Crippen molar-refractivity contribution >= 4 is 5.97 Å². The fraction of sp³-hybridized carbons (Fsp3) is 0.909. The number of likely N-dealkylation sites (tertiary alicyclic amines) is 1. The third kappa shape index (κ3) is 1.65. The average Bonchev–Trinajstić information content (AvgIpc) is 2.43. The Morgan fingerprint density at radius 1 is 1.57 bits per heavy atom. The molecule has 1 atom stereocenters. The van der Waals surface area contributed by atoms with Crippen LogP contribution in [-0.2, 0) is 4.79 Å². The first kappa shape index (κ1) is 9.97. The quantitative estimate of drug-likeness (QED) is 0.746. The lowest BCUT2D eigenvalue weighted by molar-refractivity contribution is -0.156. The van der Waals surface area contributed by atoms with Crippen molar-refractivity contribution in [3.05, 3.63) is 0 Å². The van der Waals surface area contributed by atoms with E-state index in [0.717, 1.165) is 38.8 Å². The van der Waals surface area contributed by atoms with Gasteiger partial charge in [0.1, 0.15) is 0 Å². The van der Waals surface area contributed by atoms with Crippen LogP contribution in [0.3, 0.4) is 0 Å². The number of carbonyl (C=O) groups is 1. The van der Waals surface area contributed by atoms with Crippen LogP contribution in [0.2, 0.25) is 0 Å². The van der Waals surface area contributed by atoms with Crippen molar-refractivity contribution in [2.75, 3.05) is 20.1 Å². The predicted molar refractivity (Wildman–Crippen MR) is 54.1 cm³/mol. The Kier molecular flexibility index (Phi) is 2.52. The summed E-state index contributed by atoms with van der Waals surface area (Å²) in [7, 11) is 2.12. The van der Waals surface area contributed by atoms with Gasteiger partial charge in [-0.3, -0.25) is 4.79 Å². The van der Waals surface area contributed by atoms with Crippen molar-refractivity contribution in [1.82, 2.24) is 4.90 Å². The van der Waals surface area contributed by atoms with Crippen LogP contribution < -0.4 is 0 Å². The van der Waals surface area contributed by atoms with Crippen LogP contribution in [0.15, 0.2) is 0 Å². The summed E-state index contributed by atoms with van der Waals surface area (Å²) >= 11 is 0. The van der Waals surface area contributed by atoms with E-state index in [0.29, 0.717) is 5.92 Å². The lowest BCUT2D eigenvalue weighted by Crippen LogP contribution is -2.40. The topological polar surface area (TPSA) is 40.5 Å². The van der Waals surface area contributed by atoms with E-state index in [4.69, 9.17) is 0 Å². The highest BCUT2D eigenvalue weighted by Gasteiger charge is 2.46. The maximum Gasteiger partial charge on any atom is 0.309 e. The molecule has 1 aliphatic carbocycles. The van der Waals surface area contributed by atoms with Crippen molar-refractivity contribution in [2.45, 2.75) is 32.1 Å². The summed E-state index contributed by atoms with van der Waals surface area (Å²) in [6.45, 7) is 2.23. The molecule has 0 bridgehead atoms. The van der Waals surface area contributed by atoms with Crippen LogP contribution in [0.1, 0.15) is 32.1 Å². The van der Waals surface area contributed by atoms with Crippen molar-refractivity contribution < 1.29 is 9.90 Å². The molecule has 1 heterocycles. The van der Waals surface area contributed by atoms with Crippen LogP contribution in [0.5, 0.6) is 0 Å². The molecule has 3 heteroatoms. The zero-order valence-corrected chi connectivity index (χ0v) is 8.83. The zero-order chi connectivity index (χ0) is 10.2. The van der Waals surface area contributed by atoms with Gasteiger partial charge in [-0.2, -0.15) is 0 Å². The van der Waals surface area contributed by atoms with Gasteiger partial charge in [0.15, 0.2) is 0 Å². The third-order valence-corrected chi connectivity index (χ3v) is 3.93. The highest BCUT2D eigenvalue weighted by Crippen LogP contribution is 2.47. The van der Waals surface area contributed by atoms with E-state index in [1.807, 2.05) is 0 Å². The van der Waals surface area contributed by atoms with Gasteiger partial charge in [0.05, 0.1) is 5.41 Å². The number of carboxylic acids is 1. The second kappa shape index (κ2) is 3.54. The van der Waals surface area contributed by atoms with Crippen LogP contribution in [-0.4, -0.2) is 36.1 Å². The standard InChI is InChI=1S/C11H19NO2/c1-12-6-3-9(8-12)7-11(10(13)14)4-2-5-11/h9H,2-8H2,1H3,(H,13,14). The fourth-order valence-electron chi connectivity index (χ4n) is 2.85. The SMILES string of the molecule is CN1CCC(CC2(C(=O)O)CCC2)C1. The van der Waals surface area contributed by atoms with Gasteiger partial charge >= 0.3 is 5.97 Å². The second-order valence-corrected chi connectivity index (χ2v) is 5.06. The van der Waals surface area contributed by atoms with Crippen LogP contribution in [0.4, 0.5) is 0 Å². The van der Waals surface area contributed by atoms with Crippen molar-refractivity contribution in [3.8, 4) is 0 Å². The van der Waals surface area contributed by atoms with Gasteiger partial charge in [-0.25, -0.2) is 0 Å². The Balaban J connectivity index is 1.92. The minimum Gasteiger partial charge on any atom is -0.481 e. The fourth-order valence-corrected chi connectivity index (χ4v) is 2.85. The Labute approximate surface area is 85.1 Å². The molecule has 1 saturated carbocycles. The first-order valence-electron chi connectivity index (χ1n) is 5.54. The molecular formula is C11H19NO2. The van der Waals surface area contributed by atoms with E-state index in [-0.39, 0.29) is 5.41 Å². The first-order chi connectivity index (χ1) is 6.62. The van der Waals surface area contributed by atoms with Gasteiger partial charge < -0.3 is 10.0 Å². The molecule has 0 amide bonds. The summed E-state index contributed by atoms with van der Waals surface area (Å²) in [5.41, 5.74) is -0.337. The van der Waals surface area contributed by atoms with Crippen molar-refractivity contribution in [3.63, 3.8) is 0 Å². The maximum absolute atomic E-state index is 11.2. The lowest BCUT2D eigenvalue weighted by atomic mass is 9.64. The Bertz CT molecular complexity index is 235. The number of carboxylic acid groups (broad SMARTS) is 1. The highest BCUT2D eigenvalue weighted by molar-refractivity contribution is 5.75. The predicted octanol–water partition coefficient (Wildman–Crippen LogP) is 1.58. The van der Waals surface area contributed by atoms with Crippen LogP contribution >= 0.6 is 0 Å². The van der Waals surface area contributed by atoms with Gasteiger partial charge in [0, 0.05) is 6.54 Å². The van der Waals surface area contributed by atoms with Crippen LogP contribution in [0, 0.1) is 11.3 Å². The average molecular weight is 197 g/mol. The minimum atomic E-state index is -0.557. The molecule has 0 aromatic carbocycles. The van der Waals surface area contributed by atoms with Gasteiger partial charge in [-0.05, 0) is 45.2 Å². The summed E-state index contributed by atoms with van der Waals surface area (Å²) < 4.78 is 0. The molecule has 0 radical (unpaired) electrons. The smallest absolute Gasteiger partial charge is 0.309 e. The molecule has 2 fully saturated rings. The van der Waals surface area contributed by atoms with Gasteiger partial charge in [-0.15, -0.1) is 0 Å². The largest absolute Gasteiger partial charge is 0.481 e. The summed E-state index contributed by atoms with van der Waals surface area (Å²) in [5, 5.41) is 9.20. The number of rotatable bonds is 3.